The standard InChI is InChI=1S/C17H20N2O4/c1-4-23-16(22)17-10-9-14(20)19(17)13-8-6-5-7-12(13)15(21)18(17)11(2)3/h5-8,11H,4,9-10H2,1-3H3/t17-/m1/s1. The fourth-order valence-electron chi connectivity index (χ4n) is 3.62. The summed E-state index contributed by atoms with van der Waals surface area (Å²) in [6.07, 6.45) is 0.465. The zero-order valence-corrected chi connectivity index (χ0v) is 13.5. The Morgan fingerprint density at radius 1 is 1.30 bits per heavy atom. The van der Waals surface area contributed by atoms with Crippen molar-refractivity contribution in [3.8, 4) is 0 Å². The van der Waals surface area contributed by atoms with Crippen molar-refractivity contribution >= 4 is 23.5 Å². The predicted octanol–water partition coefficient (Wildman–Crippen LogP) is 1.94. The van der Waals surface area contributed by atoms with Gasteiger partial charge >= 0.3 is 5.97 Å². The summed E-state index contributed by atoms with van der Waals surface area (Å²) in [6.45, 7) is 5.60. The topological polar surface area (TPSA) is 66.9 Å². The average molecular weight is 316 g/mol. The number of carbonyl (C=O) groups excluding carboxylic acids is 3. The fraction of sp³-hybridized carbons (Fsp3) is 0.471. The second-order valence-corrected chi connectivity index (χ2v) is 6.05. The molecule has 3 rings (SSSR count). The third-order valence-corrected chi connectivity index (χ3v) is 4.42. The van der Waals surface area contributed by atoms with E-state index in [1.807, 2.05) is 13.8 Å². The third kappa shape index (κ3) is 1.97. The van der Waals surface area contributed by atoms with Gasteiger partial charge in [-0.1, -0.05) is 12.1 Å². The molecule has 0 bridgehead atoms. The number of anilines is 1. The van der Waals surface area contributed by atoms with Crippen molar-refractivity contribution in [2.24, 2.45) is 0 Å². The summed E-state index contributed by atoms with van der Waals surface area (Å²) < 4.78 is 5.25. The Bertz CT molecular complexity index is 685. The molecule has 0 saturated carbocycles. The minimum atomic E-state index is -1.37. The highest BCUT2D eigenvalue weighted by Gasteiger charge is 2.62. The average Bonchev–Trinajstić information content (AvgIpc) is 2.86. The molecule has 0 unspecified atom stereocenters. The van der Waals surface area contributed by atoms with Crippen molar-refractivity contribution in [2.45, 2.75) is 45.3 Å². The van der Waals surface area contributed by atoms with Crippen molar-refractivity contribution in [3.63, 3.8) is 0 Å². The number of hydrogen-bond acceptors (Lipinski definition) is 4. The van der Waals surface area contributed by atoms with Crippen molar-refractivity contribution in [1.29, 1.82) is 0 Å². The van der Waals surface area contributed by atoms with Crippen LogP contribution >= 0.6 is 0 Å². The first kappa shape index (κ1) is 15.5. The Morgan fingerprint density at radius 3 is 2.65 bits per heavy atom. The molecule has 2 heterocycles. The molecule has 0 spiro atoms. The Hall–Kier alpha value is -2.37. The van der Waals surface area contributed by atoms with E-state index in [-0.39, 0.29) is 37.3 Å². The first-order valence-electron chi connectivity index (χ1n) is 7.88. The molecular formula is C17H20N2O4. The molecule has 1 aromatic rings. The van der Waals surface area contributed by atoms with E-state index in [0.717, 1.165) is 0 Å². The molecule has 6 heteroatoms. The largest absolute Gasteiger partial charge is 0.463 e. The van der Waals surface area contributed by atoms with Crippen LogP contribution < -0.4 is 4.90 Å². The van der Waals surface area contributed by atoms with Gasteiger partial charge in [-0.3, -0.25) is 14.5 Å². The molecule has 0 aliphatic carbocycles. The lowest BCUT2D eigenvalue weighted by molar-refractivity contribution is -0.157. The SMILES string of the molecule is CCOC(=O)[C@@]12CCC(=O)N1c1ccccc1C(=O)N2C(C)C. The number of ether oxygens (including phenoxy) is 1. The van der Waals surface area contributed by atoms with E-state index in [9.17, 15) is 14.4 Å². The number of hydrogen-bond donors (Lipinski definition) is 0. The van der Waals surface area contributed by atoms with E-state index < -0.39 is 11.6 Å². The summed E-state index contributed by atoms with van der Waals surface area (Å²) in [7, 11) is 0. The van der Waals surface area contributed by atoms with E-state index >= 15 is 0 Å². The Labute approximate surface area is 135 Å². The molecule has 1 saturated heterocycles. The normalized spacial score (nSPS) is 23.1. The van der Waals surface area contributed by atoms with Gasteiger partial charge in [0.05, 0.1) is 17.9 Å². The van der Waals surface area contributed by atoms with Crippen LogP contribution in [0.4, 0.5) is 5.69 Å². The second kappa shape index (κ2) is 5.37. The number of rotatable bonds is 3. The molecule has 0 aromatic heterocycles. The van der Waals surface area contributed by atoms with Crippen LogP contribution in [-0.4, -0.2) is 41.0 Å². The van der Waals surface area contributed by atoms with Gasteiger partial charge in [0.15, 0.2) is 0 Å². The molecule has 0 N–H and O–H groups in total. The molecule has 1 atom stereocenters. The van der Waals surface area contributed by atoms with Crippen LogP contribution in [0.25, 0.3) is 0 Å². The van der Waals surface area contributed by atoms with Gasteiger partial charge in [-0.15, -0.1) is 0 Å². The Kier molecular flexibility index (Phi) is 3.62. The van der Waals surface area contributed by atoms with Gasteiger partial charge in [0.25, 0.3) is 5.91 Å². The number of fused-ring (bicyclic) bond motifs is 3. The summed E-state index contributed by atoms with van der Waals surface area (Å²) in [5.74, 6) is -0.944. The highest BCUT2D eigenvalue weighted by Crippen LogP contribution is 2.45. The summed E-state index contributed by atoms with van der Waals surface area (Å²) in [4.78, 5) is 41.3. The highest BCUT2D eigenvalue weighted by atomic mass is 16.5. The quantitative estimate of drug-likeness (QED) is 0.799. The van der Waals surface area contributed by atoms with Crippen LogP contribution in [0.2, 0.25) is 0 Å². The maximum absolute atomic E-state index is 13.0. The van der Waals surface area contributed by atoms with Gasteiger partial charge < -0.3 is 9.64 Å². The van der Waals surface area contributed by atoms with Crippen molar-refractivity contribution in [3.05, 3.63) is 29.8 Å². The molecule has 1 aromatic carbocycles. The summed E-state index contributed by atoms with van der Waals surface area (Å²) in [5.41, 5.74) is -0.437. The maximum Gasteiger partial charge on any atom is 0.353 e. The zero-order valence-electron chi connectivity index (χ0n) is 13.5. The minimum absolute atomic E-state index is 0.163. The van der Waals surface area contributed by atoms with Crippen LogP contribution in [0.3, 0.4) is 0 Å². The fourth-order valence-corrected chi connectivity index (χ4v) is 3.62. The Morgan fingerprint density at radius 2 is 2.00 bits per heavy atom. The Balaban J connectivity index is 2.27. The first-order chi connectivity index (χ1) is 10.9. The van der Waals surface area contributed by atoms with Gasteiger partial charge in [-0.2, -0.15) is 0 Å². The number of amides is 2. The lowest BCUT2D eigenvalue weighted by Gasteiger charge is -2.50. The van der Waals surface area contributed by atoms with Crippen molar-refractivity contribution in [1.82, 2.24) is 4.90 Å². The van der Waals surface area contributed by atoms with Crippen LogP contribution in [0, 0.1) is 0 Å². The number of carbonyl (C=O) groups is 3. The van der Waals surface area contributed by atoms with E-state index in [1.54, 1.807) is 31.2 Å². The van der Waals surface area contributed by atoms with E-state index in [0.29, 0.717) is 11.3 Å². The molecule has 1 fully saturated rings. The smallest absolute Gasteiger partial charge is 0.353 e. The molecule has 6 nitrogen and oxygen atoms in total. The van der Waals surface area contributed by atoms with Crippen LogP contribution in [0.1, 0.15) is 44.0 Å². The van der Waals surface area contributed by atoms with Gasteiger partial charge in [0.1, 0.15) is 0 Å². The van der Waals surface area contributed by atoms with Crippen molar-refractivity contribution in [2.75, 3.05) is 11.5 Å². The van der Waals surface area contributed by atoms with E-state index in [4.69, 9.17) is 4.74 Å². The summed E-state index contributed by atoms with van der Waals surface area (Å²) in [6, 6.07) is 6.68. The monoisotopic (exact) mass is 316 g/mol. The predicted molar refractivity (Wildman–Crippen MR) is 83.8 cm³/mol. The maximum atomic E-state index is 13.0. The van der Waals surface area contributed by atoms with Gasteiger partial charge in [0, 0.05) is 18.9 Å². The zero-order chi connectivity index (χ0) is 16.8. The van der Waals surface area contributed by atoms with E-state index in [1.165, 1.54) is 9.80 Å². The molecule has 122 valence electrons. The van der Waals surface area contributed by atoms with Gasteiger partial charge in [-0.05, 0) is 32.9 Å². The lowest BCUT2D eigenvalue weighted by Crippen LogP contribution is -2.70. The van der Waals surface area contributed by atoms with Crippen molar-refractivity contribution < 1.29 is 19.1 Å². The number of para-hydroxylation sites is 1. The van der Waals surface area contributed by atoms with Crippen LogP contribution in [-0.2, 0) is 14.3 Å². The second-order valence-electron chi connectivity index (χ2n) is 6.05. The summed E-state index contributed by atoms with van der Waals surface area (Å²) in [5, 5.41) is 0. The highest BCUT2D eigenvalue weighted by molar-refractivity contribution is 6.15. The minimum Gasteiger partial charge on any atom is -0.463 e. The van der Waals surface area contributed by atoms with Gasteiger partial charge in [0.2, 0.25) is 11.6 Å². The molecule has 2 amide bonds. The first-order valence-corrected chi connectivity index (χ1v) is 7.88. The molecule has 0 radical (unpaired) electrons. The number of benzene rings is 1. The van der Waals surface area contributed by atoms with Gasteiger partial charge in [-0.25, -0.2) is 4.79 Å². The summed E-state index contributed by atoms with van der Waals surface area (Å²) >= 11 is 0. The molecular weight excluding hydrogens is 296 g/mol. The molecule has 23 heavy (non-hydrogen) atoms. The number of esters is 1. The molecule has 2 aliphatic heterocycles. The molecule has 2 aliphatic rings. The van der Waals surface area contributed by atoms with Crippen LogP contribution in [0.5, 0.6) is 0 Å². The van der Waals surface area contributed by atoms with Crippen LogP contribution in [0.15, 0.2) is 24.3 Å². The number of nitrogens with zero attached hydrogens (tertiary/aromatic N) is 2. The lowest BCUT2D eigenvalue weighted by atomic mass is 9.95. The van der Waals surface area contributed by atoms with E-state index in [2.05, 4.69) is 0 Å². The third-order valence-electron chi connectivity index (χ3n) is 4.42.